The third kappa shape index (κ3) is 5.00. The van der Waals surface area contributed by atoms with E-state index < -0.39 is 9.85 Å². The lowest BCUT2D eigenvalue weighted by Crippen LogP contribution is -3.00. The molecule has 0 fully saturated rings. The summed E-state index contributed by atoms with van der Waals surface area (Å²) in [6, 6.07) is 28.3. The van der Waals surface area contributed by atoms with E-state index in [-0.39, 0.29) is 36.2 Å². The van der Waals surface area contributed by atoms with Gasteiger partial charge in [-0.3, -0.25) is 20.2 Å². The molecule has 0 amide bonds. The van der Waals surface area contributed by atoms with Gasteiger partial charge in [0.05, 0.1) is 22.0 Å². The van der Waals surface area contributed by atoms with Crippen LogP contribution in [0.3, 0.4) is 0 Å². The average molecular weight is 521 g/mol. The van der Waals surface area contributed by atoms with Gasteiger partial charge < -0.3 is 24.8 Å². The van der Waals surface area contributed by atoms with Crippen LogP contribution in [-0.2, 0) is 0 Å². The zero-order chi connectivity index (χ0) is 23.7. The highest BCUT2D eigenvalue weighted by atomic mass is 35.5. The maximum atomic E-state index is 11.6. The minimum atomic E-state index is -0.422. The minimum Gasteiger partial charge on any atom is -1.00 e. The van der Waals surface area contributed by atoms with Crippen LogP contribution < -0.4 is 34.0 Å². The van der Waals surface area contributed by atoms with Gasteiger partial charge in [0.15, 0.2) is 12.4 Å². The van der Waals surface area contributed by atoms with Crippen LogP contribution in [0.4, 0.5) is 34.1 Å². The van der Waals surface area contributed by atoms with Crippen molar-refractivity contribution in [2.75, 3.05) is 0 Å². The van der Waals surface area contributed by atoms with Gasteiger partial charge in [0, 0.05) is 36.4 Å². The molecule has 1 aliphatic rings. The summed E-state index contributed by atoms with van der Waals surface area (Å²) in [4.78, 5) is 22.3. The van der Waals surface area contributed by atoms with E-state index in [1.54, 1.807) is 12.1 Å². The van der Waals surface area contributed by atoms with E-state index in [0.29, 0.717) is 22.5 Å². The Kier molecular flexibility index (Phi) is 7.93. The first-order chi connectivity index (χ1) is 16.5. The van der Waals surface area contributed by atoms with E-state index in [4.69, 9.17) is 0 Å². The standard InChI is InChI=1S/C26H18N4O4.2ClH/c31-29(32)23-14-12-20-18-28(22-9-5-2-6-10-22)26-16-24(30(33)34)13-11-19(26)17-27(25(20)15-23)21-7-3-1-4-8-21;;/h1-18H;2*1H/q+2;;/p-2. The van der Waals surface area contributed by atoms with Crippen molar-refractivity contribution in [1.82, 2.24) is 9.15 Å². The van der Waals surface area contributed by atoms with Crippen LogP contribution >= 0.6 is 0 Å². The van der Waals surface area contributed by atoms with Crippen molar-refractivity contribution < 1.29 is 34.7 Å². The molecule has 0 aliphatic carbocycles. The summed E-state index contributed by atoms with van der Waals surface area (Å²) in [5, 5.41) is 23.1. The summed E-state index contributed by atoms with van der Waals surface area (Å²) in [5.41, 5.74) is 4.20. The number of hydrogen-bond donors (Lipinski definition) is 0. The van der Waals surface area contributed by atoms with Gasteiger partial charge in [0.1, 0.15) is 11.1 Å². The molecule has 8 nitrogen and oxygen atoms in total. The quantitative estimate of drug-likeness (QED) is 0.185. The lowest BCUT2D eigenvalue weighted by molar-refractivity contribution is -0.385. The number of nitrogens with zero attached hydrogens (tertiary/aromatic N) is 4. The first-order valence-corrected chi connectivity index (χ1v) is 10.5. The van der Waals surface area contributed by atoms with Crippen molar-refractivity contribution >= 4 is 46.6 Å². The number of halogens is 2. The Morgan fingerprint density at radius 2 is 0.889 bits per heavy atom. The maximum absolute atomic E-state index is 11.6. The normalized spacial score (nSPS) is 11.7. The summed E-state index contributed by atoms with van der Waals surface area (Å²) < 4.78 is 3.73. The molecular formula is C26H18Cl2N4O4. The average Bonchev–Trinajstić information content (AvgIpc) is 2.86. The van der Waals surface area contributed by atoms with Gasteiger partial charge in [-0.25, -0.2) is 0 Å². The second-order valence-corrected chi connectivity index (χ2v) is 7.67. The number of para-hydroxylation sites is 2. The fraction of sp³-hybridized carbons (Fsp3) is 0. The molecule has 1 aliphatic heterocycles. The first kappa shape index (κ1) is 26.2. The van der Waals surface area contributed by atoms with E-state index in [1.165, 1.54) is 24.3 Å². The highest BCUT2D eigenvalue weighted by Crippen LogP contribution is 2.33. The molecule has 0 unspecified atom stereocenters. The van der Waals surface area contributed by atoms with Crippen molar-refractivity contribution in [3.63, 3.8) is 0 Å². The lowest BCUT2D eigenvalue weighted by atomic mass is 10.1. The Hall–Kier alpha value is -4.40. The van der Waals surface area contributed by atoms with E-state index in [0.717, 1.165) is 11.4 Å². The van der Waals surface area contributed by atoms with Gasteiger partial charge in [-0.1, -0.05) is 36.4 Å². The molecular weight excluding hydrogens is 503 g/mol. The van der Waals surface area contributed by atoms with E-state index in [1.807, 2.05) is 82.2 Å². The van der Waals surface area contributed by atoms with Crippen LogP contribution in [0.1, 0.15) is 11.1 Å². The number of nitro benzene ring substituents is 2. The molecule has 0 radical (unpaired) electrons. The van der Waals surface area contributed by atoms with E-state index >= 15 is 0 Å². The number of rotatable bonds is 4. The molecule has 10 heteroatoms. The van der Waals surface area contributed by atoms with Crippen LogP contribution in [0, 0.1) is 20.2 Å². The summed E-state index contributed by atoms with van der Waals surface area (Å²) in [5.74, 6) is 0. The lowest BCUT2D eigenvalue weighted by Gasteiger charge is -2.11. The molecule has 0 saturated heterocycles. The van der Waals surface area contributed by atoms with Crippen LogP contribution in [-0.4, -0.2) is 22.3 Å². The Morgan fingerprint density at radius 1 is 0.528 bits per heavy atom. The van der Waals surface area contributed by atoms with E-state index in [9.17, 15) is 20.2 Å². The van der Waals surface area contributed by atoms with Gasteiger partial charge in [-0.05, 0) is 12.1 Å². The van der Waals surface area contributed by atoms with Gasteiger partial charge >= 0.3 is 0 Å². The van der Waals surface area contributed by atoms with Crippen LogP contribution in [0.15, 0.2) is 97.1 Å². The smallest absolute Gasteiger partial charge is 0.276 e. The molecule has 4 aromatic carbocycles. The van der Waals surface area contributed by atoms with Crippen LogP contribution in [0.2, 0.25) is 0 Å². The topological polar surface area (TPSA) is 92.3 Å². The van der Waals surface area contributed by atoms with Crippen molar-refractivity contribution in [2.45, 2.75) is 0 Å². The molecule has 0 saturated carbocycles. The van der Waals surface area contributed by atoms with Gasteiger partial charge in [0.2, 0.25) is 22.7 Å². The van der Waals surface area contributed by atoms with Crippen LogP contribution in [0.5, 0.6) is 0 Å². The number of fused-ring (bicyclic) bond motifs is 2. The molecule has 0 aromatic heterocycles. The third-order valence-corrected chi connectivity index (χ3v) is 5.57. The van der Waals surface area contributed by atoms with E-state index in [2.05, 4.69) is 0 Å². The zero-order valence-corrected chi connectivity index (χ0v) is 20.1. The molecule has 0 bridgehead atoms. The van der Waals surface area contributed by atoms with Crippen molar-refractivity contribution in [2.24, 2.45) is 0 Å². The monoisotopic (exact) mass is 520 g/mol. The number of non-ortho nitro benzene ring substituents is 2. The summed E-state index contributed by atoms with van der Waals surface area (Å²) in [6.07, 6.45) is 3.69. The summed E-state index contributed by atoms with van der Waals surface area (Å²) in [6.45, 7) is 0. The highest BCUT2D eigenvalue weighted by molar-refractivity contribution is 6.01. The number of benzene rings is 4. The summed E-state index contributed by atoms with van der Waals surface area (Å²) in [7, 11) is 0. The molecule has 1 heterocycles. The second kappa shape index (κ2) is 10.9. The number of hydrogen-bond acceptors (Lipinski definition) is 4. The zero-order valence-electron chi connectivity index (χ0n) is 18.6. The predicted octanol–water partition coefficient (Wildman–Crippen LogP) is -0.268. The molecule has 4 aromatic rings. The van der Waals surface area contributed by atoms with Gasteiger partial charge in [-0.2, -0.15) is 9.15 Å². The molecule has 180 valence electrons. The van der Waals surface area contributed by atoms with Crippen molar-refractivity contribution in [1.29, 1.82) is 0 Å². The fourth-order valence-electron chi connectivity index (χ4n) is 3.95. The third-order valence-electron chi connectivity index (χ3n) is 5.57. The Morgan fingerprint density at radius 3 is 1.22 bits per heavy atom. The minimum absolute atomic E-state index is 0. The van der Waals surface area contributed by atoms with Gasteiger partial charge in [0.25, 0.3) is 11.4 Å². The Bertz CT molecular complexity index is 1390. The predicted molar refractivity (Wildman–Crippen MR) is 132 cm³/mol. The molecule has 0 atom stereocenters. The largest absolute Gasteiger partial charge is 1.00 e. The SMILES string of the molecule is O=[N+]([O-])c1ccc2c(c1)[N+](c1ccccc1)=Cc1ccc([N+](=O)[O-])cc1[N+](c1ccccc1)=C2.[Cl-].[Cl-]. The second-order valence-electron chi connectivity index (χ2n) is 7.67. The Balaban J connectivity index is 0.00000180. The van der Waals surface area contributed by atoms with Crippen molar-refractivity contribution in [3.8, 4) is 0 Å². The molecule has 36 heavy (non-hydrogen) atoms. The molecule has 0 N–H and O–H groups in total. The van der Waals surface area contributed by atoms with Crippen LogP contribution in [0.25, 0.3) is 0 Å². The molecule has 0 spiro atoms. The highest BCUT2D eigenvalue weighted by Gasteiger charge is 2.30. The Labute approximate surface area is 218 Å². The van der Waals surface area contributed by atoms with Crippen molar-refractivity contribution in [3.05, 3.63) is 128 Å². The first-order valence-electron chi connectivity index (χ1n) is 10.5. The fourth-order valence-corrected chi connectivity index (χ4v) is 3.95. The number of nitro groups is 2. The molecule has 5 rings (SSSR count). The maximum Gasteiger partial charge on any atom is 0.276 e. The van der Waals surface area contributed by atoms with Gasteiger partial charge in [-0.15, -0.1) is 0 Å². The summed E-state index contributed by atoms with van der Waals surface area (Å²) >= 11 is 0.